The van der Waals surface area contributed by atoms with E-state index in [9.17, 15) is 9.59 Å². The molecule has 2 atom stereocenters. The molecule has 0 radical (unpaired) electrons. The minimum absolute atomic E-state index is 0.0226. The smallest absolute Gasteiger partial charge is 0.337 e. The maximum Gasteiger partial charge on any atom is 0.337 e. The fourth-order valence-electron chi connectivity index (χ4n) is 2.71. The van der Waals surface area contributed by atoms with E-state index in [0.29, 0.717) is 22.7 Å². The number of esters is 1. The molecular weight excluding hydrogens is 342 g/mol. The van der Waals surface area contributed by atoms with Crippen LogP contribution in [0.15, 0.2) is 48.5 Å². The van der Waals surface area contributed by atoms with E-state index in [-0.39, 0.29) is 18.0 Å². The lowest BCUT2D eigenvalue weighted by atomic mass is 10.0. The average molecular weight is 360 g/mol. The summed E-state index contributed by atoms with van der Waals surface area (Å²) in [5.74, 6) is -0.620. The van der Waals surface area contributed by atoms with E-state index >= 15 is 0 Å². The maximum absolute atomic E-state index is 12.4. The molecule has 2 aromatic rings. The van der Waals surface area contributed by atoms with Crippen LogP contribution in [0.25, 0.3) is 0 Å². The lowest BCUT2D eigenvalue weighted by molar-refractivity contribution is -0.117. The van der Waals surface area contributed by atoms with Gasteiger partial charge in [-0.3, -0.25) is 4.79 Å². The molecule has 3 N–H and O–H groups in total. The molecule has 130 valence electrons. The van der Waals surface area contributed by atoms with Crippen molar-refractivity contribution in [3.63, 3.8) is 0 Å². The molecule has 0 spiro atoms. The Morgan fingerprint density at radius 1 is 1.16 bits per heavy atom. The molecule has 1 heterocycles. The molecule has 0 aromatic heterocycles. The number of nitrogens with one attached hydrogen (secondary N) is 3. The Hall–Kier alpha value is -2.41. The van der Waals surface area contributed by atoms with E-state index in [2.05, 4.69) is 20.9 Å². The number of halogens is 1. The van der Waals surface area contributed by atoms with Gasteiger partial charge in [-0.25, -0.2) is 15.6 Å². The van der Waals surface area contributed by atoms with Crippen molar-refractivity contribution in [3.05, 3.63) is 64.7 Å². The van der Waals surface area contributed by atoms with Crippen LogP contribution in [0.1, 0.15) is 28.4 Å². The standard InChI is InChI=1S/C18H18ClN3O3/c1-25-18(24)12-3-2-4-14(9-12)20-17(23)16-10-15(21-22-16)11-5-7-13(19)8-6-11/h2-9,15-16,21-22H,10H2,1H3,(H,20,23). The summed E-state index contributed by atoms with van der Waals surface area (Å²) in [7, 11) is 1.32. The zero-order valence-corrected chi connectivity index (χ0v) is 14.3. The molecule has 1 fully saturated rings. The first-order chi connectivity index (χ1) is 12.1. The number of rotatable bonds is 4. The van der Waals surface area contributed by atoms with Gasteiger partial charge >= 0.3 is 5.97 Å². The van der Waals surface area contributed by atoms with Crippen LogP contribution >= 0.6 is 11.6 Å². The highest BCUT2D eigenvalue weighted by atomic mass is 35.5. The van der Waals surface area contributed by atoms with Gasteiger partial charge in [0.2, 0.25) is 5.91 Å². The Labute approximate surface area is 150 Å². The molecule has 0 saturated carbocycles. The summed E-state index contributed by atoms with van der Waals surface area (Å²) >= 11 is 5.90. The van der Waals surface area contributed by atoms with Crippen LogP contribution < -0.4 is 16.2 Å². The number of hydrogen-bond donors (Lipinski definition) is 3. The van der Waals surface area contributed by atoms with Crippen LogP contribution in [0.3, 0.4) is 0 Å². The van der Waals surface area contributed by atoms with Crippen molar-refractivity contribution in [3.8, 4) is 0 Å². The average Bonchev–Trinajstić information content (AvgIpc) is 3.12. The van der Waals surface area contributed by atoms with Crippen molar-refractivity contribution in [1.82, 2.24) is 10.9 Å². The lowest BCUT2D eigenvalue weighted by Gasteiger charge is -2.11. The van der Waals surface area contributed by atoms with Crippen LogP contribution in [0, 0.1) is 0 Å². The summed E-state index contributed by atoms with van der Waals surface area (Å²) in [4.78, 5) is 24.0. The van der Waals surface area contributed by atoms with Gasteiger partial charge in [0.15, 0.2) is 0 Å². The molecular formula is C18H18ClN3O3. The minimum atomic E-state index is -0.445. The van der Waals surface area contributed by atoms with E-state index < -0.39 is 5.97 Å². The Kier molecular flexibility index (Phi) is 5.33. The van der Waals surface area contributed by atoms with Gasteiger partial charge in [0, 0.05) is 16.8 Å². The third kappa shape index (κ3) is 4.17. The van der Waals surface area contributed by atoms with Crippen molar-refractivity contribution in [1.29, 1.82) is 0 Å². The highest BCUT2D eigenvalue weighted by molar-refractivity contribution is 6.30. The second kappa shape index (κ2) is 7.65. The first kappa shape index (κ1) is 17.4. The molecule has 1 saturated heterocycles. The molecule has 1 amide bonds. The fourth-order valence-corrected chi connectivity index (χ4v) is 2.84. The van der Waals surface area contributed by atoms with Crippen molar-refractivity contribution >= 4 is 29.2 Å². The van der Waals surface area contributed by atoms with Crippen LogP contribution in [0.4, 0.5) is 5.69 Å². The number of anilines is 1. The normalized spacial score (nSPS) is 19.4. The van der Waals surface area contributed by atoms with E-state index in [0.717, 1.165) is 5.56 Å². The number of hydrazine groups is 1. The lowest BCUT2D eigenvalue weighted by Crippen LogP contribution is -2.39. The molecule has 2 unspecified atom stereocenters. The molecule has 25 heavy (non-hydrogen) atoms. The number of ether oxygens (including phenoxy) is 1. The number of hydrogen-bond acceptors (Lipinski definition) is 5. The molecule has 7 heteroatoms. The summed E-state index contributed by atoms with van der Waals surface area (Å²) in [5.41, 5.74) is 8.11. The van der Waals surface area contributed by atoms with Crippen molar-refractivity contribution < 1.29 is 14.3 Å². The highest BCUT2D eigenvalue weighted by Gasteiger charge is 2.30. The fraction of sp³-hybridized carbons (Fsp3) is 0.222. The summed E-state index contributed by atoms with van der Waals surface area (Å²) in [6.45, 7) is 0. The van der Waals surface area contributed by atoms with E-state index in [1.807, 2.05) is 24.3 Å². The Bertz CT molecular complexity index is 779. The molecule has 1 aliphatic rings. The molecule has 1 aliphatic heterocycles. The summed E-state index contributed by atoms with van der Waals surface area (Å²) in [5, 5.41) is 3.49. The largest absolute Gasteiger partial charge is 0.465 e. The summed E-state index contributed by atoms with van der Waals surface area (Å²) < 4.78 is 4.68. The maximum atomic E-state index is 12.4. The Morgan fingerprint density at radius 3 is 2.64 bits per heavy atom. The van der Waals surface area contributed by atoms with Crippen molar-refractivity contribution in [2.45, 2.75) is 18.5 Å². The quantitative estimate of drug-likeness (QED) is 0.731. The zero-order valence-electron chi connectivity index (χ0n) is 13.6. The third-order valence-electron chi connectivity index (χ3n) is 4.04. The Morgan fingerprint density at radius 2 is 1.92 bits per heavy atom. The highest BCUT2D eigenvalue weighted by Crippen LogP contribution is 2.24. The summed E-state index contributed by atoms with van der Waals surface area (Å²) in [6, 6.07) is 13.8. The molecule has 0 bridgehead atoms. The second-order valence-electron chi connectivity index (χ2n) is 5.74. The van der Waals surface area contributed by atoms with Gasteiger partial charge in [0.25, 0.3) is 0 Å². The topological polar surface area (TPSA) is 79.5 Å². The van der Waals surface area contributed by atoms with Gasteiger partial charge in [0.1, 0.15) is 6.04 Å². The molecule has 0 aliphatic carbocycles. The monoisotopic (exact) mass is 359 g/mol. The van der Waals surface area contributed by atoms with Gasteiger partial charge < -0.3 is 10.1 Å². The van der Waals surface area contributed by atoms with E-state index in [1.54, 1.807) is 24.3 Å². The first-order valence-corrected chi connectivity index (χ1v) is 8.20. The van der Waals surface area contributed by atoms with E-state index in [4.69, 9.17) is 11.6 Å². The van der Waals surface area contributed by atoms with Gasteiger partial charge in [-0.15, -0.1) is 0 Å². The number of carbonyl (C=O) groups is 2. The number of amides is 1. The molecule has 3 rings (SSSR count). The van der Waals surface area contributed by atoms with Crippen LogP contribution in [0.5, 0.6) is 0 Å². The SMILES string of the molecule is COC(=O)c1cccc(NC(=O)C2CC(c3ccc(Cl)cc3)NN2)c1. The first-order valence-electron chi connectivity index (χ1n) is 7.82. The van der Waals surface area contributed by atoms with E-state index in [1.165, 1.54) is 7.11 Å². The predicted octanol–water partition coefficient (Wildman–Crippen LogP) is 2.67. The minimum Gasteiger partial charge on any atom is -0.465 e. The summed E-state index contributed by atoms with van der Waals surface area (Å²) in [6.07, 6.45) is 0.601. The predicted molar refractivity (Wildman–Crippen MR) is 95.3 cm³/mol. The molecule has 2 aromatic carbocycles. The zero-order chi connectivity index (χ0) is 17.8. The third-order valence-corrected chi connectivity index (χ3v) is 4.30. The van der Waals surface area contributed by atoms with Crippen LogP contribution in [-0.4, -0.2) is 25.0 Å². The Balaban J connectivity index is 1.63. The molecule has 6 nitrogen and oxygen atoms in total. The number of carbonyl (C=O) groups excluding carboxylic acids is 2. The van der Waals surface area contributed by atoms with Crippen molar-refractivity contribution in [2.75, 3.05) is 12.4 Å². The van der Waals surface area contributed by atoms with Crippen LogP contribution in [0.2, 0.25) is 5.02 Å². The van der Waals surface area contributed by atoms with Crippen molar-refractivity contribution in [2.24, 2.45) is 0 Å². The van der Waals surface area contributed by atoms with Crippen LogP contribution in [-0.2, 0) is 9.53 Å². The van der Waals surface area contributed by atoms with Gasteiger partial charge in [-0.05, 0) is 42.3 Å². The number of benzene rings is 2. The van der Waals surface area contributed by atoms with Gasteiger partial charge in [-0.2, -0.15) is 0 Å². The van der Waals surface area contributed by atoms with Gasteiger partial charge in [0.05, 0.1) is 12.7 Å². The van der Waals surface area contributed by atoms with Gasteiger partial charge in [-0.1, -0.05) is 29.8 Å². The number of methoxy groups -OCH3 is 1. The second-order valence-corrected chi connectivity index (χ2v) is 6.18.